The number of likely N-dealkylation sites (N-methyl/N-ethyl adjacent to an activating group) is 1. The summed E-state index contributed by atoms with van der Waals surface area (Å²) >= 11 is 0. The molecule has 7 nitrogen and oxygen atoms in total. The lowest BCUT2D eigenvalue weighted by molar-refractivity contribution is -0.831. The molecular weight excluding hydrogens is 424 g/mol. The Morgan fingerprint density at radius 3 is 2.62 bits per heavy atom. The minimum atomic E-state index is -3.82. The molecule has 0 spiro atoms. The van der Waals surface area contributed by atoms with Gasteiger partial charge in [0.1, 0.15) is 11.4 Å². The summed E-state index contributed by atoms with van der Waals surface area (Å²) in [5.74, 6) is -0.000288. The predicted octanol–water partition coefficient (Wildman–Crippen LogP) is 3.10. The molecule has 2 fully saturated rings. The average molecular weight is 452 g/mol. The van der Waals surface area contributed by atoms with E-state index in [1.54, 1.807) is 48.7 Å². The maximum Gasteiger partial charge on any atom is 0.264 e. The molecule has 0 aliphatic carbocycles. The molecule has 0 saturated carbocycles. The second kappa shape index (κ2) is 7.28. The Balaban J connectivity index is 1.32. The standard InChI is InChI=1S/C24H26N4O3S/c1-3-28-15-14-27(16-24(28,2)17-28)23(29)19-9-11-20(12-10-19)26-32(30,31)21-8-4-6-18-7-5-13-25-22(18)21/h4-13H,3,14-17H2,1-2H3/p+1. The van der Waals surface area contributed by atoms with Gasteiger partial charge in [-0.1, -0.05) is 18.2 Å². The molecule has 2 aliphatic heterocycles. The molecule has 32 heavy (non-hydrogen) atoms. The number of aromatic nitrogens is 1. The fourth-order valence-electron chi connectivity index (χ4n) is 5.16. The zero-order valence-electron chi connectivity index (χ0n) is 18.3. The van der Waals surface area contributed by atoms with Crippen LogP contribution in [0.25, 0.3) is 10.9 Å². The molecule has 3 aromatic rings. The molecule has 2 aromatic carbocycles. The van der Waals surface area contributed by atoms with Crippen LogP contribution in [-0.2, 0) is 10.0 Å². The molecule has 0 radical (unpaired) electrons. The van der Waals surface area contributed by atoms with Crippen LogP contribution in [0.15, 0.2) is 65.7 Å². The number of carbonyl (C=O) groups excluding carboxylic acids is 1. The molecule has 2 aliphatic rings. The maximum absolute atomic E-state index is 13.0. The summed E-state index contributed by atoms with van der Waals surface area (Å²) in [4.78, 5) is 19.3. The van der Waals surface area contributed by atoms with Gasteiger partial charge in [-0.05, 0) is 50.2 Å². The van der Waals surface area contributed by atoms with Crippen molar-refractivity contribution in [2.75, 3.05) is 37.4 Å². The van der Waals surface area contributed by atoms with Gasteiger partial charge in [-0.25, -0.2) is 8.42 Å². The molecule has 166 valence electrons. The van der Waals surface area contributed by atoms with E-state index in [1.807, 2.05) is 17.0 Å². The van der Waals surface area contributed by atoms with Gasteiger partial charge in [0.05, 0.1) is 31.7 Å². The molecule has 2 atom stereocenters. The van der Waals surface area contributed by atoms with Gasteiger partial charge in [-0.15, -0.1) is 0 Å². The van der Waals surface area contributed by atoms with Crippen molar-refractivity contribution in [1.82, 2.24) is 9.88 Å². The van der Waals surface area contributed by atoms with Crippen LogP contribution in [0.4, 0.5) is 5.69 Å². The predicted molar refractivity (Wildman–Crippen MR) is 124 cm³/mol. The number of piperazine rings is 1. The van der Waals surface area contributed by atoms with E-state index in [1.165, 1.54) is 0 Å². The van der Waals surface area contributed by atoms with Crippen LogP contribution in [0.5, 0.6) is 0 Å². The van der Waals surface area contributed by atoms with Gasteiger partial charge >= 0.3 is 0 Å². The van der Waals surface area contributed by atoms with E-state index in [-0.39, 0.29) is 16.3 Å². The number of sulfonamides is 1. The third-order valence-electron chi connectivity index (χ3n) is 7.18. The number of hydrogen-bond acceptors (Lipinski definition) is 4. The normalized spacial score (nSPS) is 24.8. The van der Waals surface area contributed by atoms with Crippen molar-refractivity contribution in [2.45, 2.75) is 24.3 Å². The number of para-hydroxylation sites is 1. The molecule has 2 unspecified atom stereocenters. The molecule has 1 aromatic heterocycles. The van der Waals surface area contributed by atoms with Crippen molar-refractivity contribution < 1.29 is 17.7 Å². The molecule has 0 bridgehead atoms. The first-order valence-electron chi connectivity index (χ1n) is 10.9. The third-order valence-corrected chi connectivity index (χ3v) is 8.59. The van der Waals surface area contributed by atoms with Crippen LogP contribution in [0.1, 0.15) is 24.2 Å². The number of rotatable bonds is 5. The van der Waals surface area contributed by atoms with E-state index in [0.717, 1.165) is 42.6 Å². The van der Waals surface area contributed by atoms with Crippen LogP contribution in [0.3, 0.4) is 0 Å². The summed E-state index contributed by atoms with van der Waals surface area (Å²) < 4.78 is 29.7. The highest BCUT2D eigenvalue weighted by atomic mass is 32.2. The summed E-state index contributed by atoms with van der Waals surface area (Å²) in [7, 11) is -3.82. The lowest BCUT2D eigenvalue weighted by atomic mass is 10.1. The second-order valence-electron chi connectivity index (χ2n) is 9.08. The van der Waals surface area contributed by atoms with Gasteiger partial charge in [0.15, 0.2) is 5.54 Å². The Hall–Kier alpha value is -2.97. The highest BCUT2D eigenvalue weighted by Gasteiger charge is 2.67. The lowest BCUT2D eigenvalue weighted by Gasteiger charge is -2.35. The topological polar surface area (TPSA) is 79.4 Å². The fraction of sp³-hybridized carbons (Fsp3) is 0.333. The Kier molecular flexibility index (Phi) is 4.76. The van der Waals surface area contributed by atoms with Gasteiger partial charge in [-0.2, -0.15) is 0 Å². The van der Waals surface area contributed by atoms with Gasteiger partial charge < -0.3 is 9.38 Å². The zero-order valence-corrected chi connectivity index (χ0v) is 19.1. The molecule has 5 rings (SSSR count). The van der Waals surface area contributed by atoms with E-state index in [2.05, 4.69) is 23.6 Å². The first-order valence-corrected chi connectivity index (χ1v) is 12.4. The molecule has 2 saturated heterocycles. The quantitative estimate of drug-likeness (QED) is 0.478. The van der Waals surface area contributed by atoms with Crippen LogP contribution < -0.4 is 4.72 Å². The van der Waals surface area contributed by atoms with Crippen molar-refractivity contribution in [1.29, 1.82) is 0 Å². The van der Waals surface area contributed by atoms with E-state index in [0.29, 0.717) is 16.8 Å². The number of hydrogen-bond donors (Lipinski definition) is 1. The van der Waals surface area contributed by atoms with Gasteiger partial charge in [0.25, 0.3) is 15.9 Å². The summed E-state index contributed by atoms with van der Waals surface area (Å²) in [6.07, 6.45) is 1.58. The van der Waals surface area contributed by atoms with E-state index in [9.17, 15) is 13.2 Å². The summed E-state index contributed by atoms with van der Waals surface area (Å²) in [6, 6.07) is 15.3. The summed E-state index contributed by atoms with van der Waals surface area (Å²) in [5, 5.41) is 0.757. The highest BCUT2D eigenvalue weighted by Crippen LogP contribution is 2.45. The molecule has 8 heteroatoms. The number of nitrogens with zero attached hydrogens (tertiary/aromatic N) is 3. The number of fused-ring (bicyclic) bond motifs is 2. The van der Waals surface area contributed by atoms with Crippen molar-refractivity contribution in [3.8, 4) is 0 Å². The van der Waals surface area contributed by atoms with Crippen molar-refractivity contribution in [2.24, 2.45) is 0 Å². The van der Waals surface area contributed by atoms with Crippen molar-refractivity contribution in [3.05, 3.63) is 66.4 Å². The van der Waals surface area contributed by atoms with E-state index in [4.69, 9.17) is 0 Å². The molecule has 1 amide bonds. The first kappa shape index (κ1) is 20.9. The lowest BCUT2D eigenvalue weighted by Crippen LogP contribution is -2.53. The average Bonchev–Trinajstić information content (AvgIpc) is 3.44. The smallest absolute Gasteiger partial charge is 0.264 e. The minimum Gasteiger partial charge on any atom is -0.326 e. The first-order chi connectivity index (χ1) is 15.3. The zero-order chi connectivity index (χ0) is 22.6. The van der Waals surface area contributed by atoms with Crippen LogP contribution in [0, 0.1) is 0 Å². The number of anilines is 1. The Bertz CT molecular complexity index is 1300. The number of nitrogens with one attached hydrogen (secondary N) is 1. The number of carbonyl (C=O) groups is 1. The highest BCUT2D eigenvalue weighted by molar-refractivity contribution is 7.93. The second-order valence-corrected chi connectivity index (χ2v) is 10.7. The SMILES string of the molecule is CC[N+]12CCN(C(=O)c3ccc(NS(=O)(=O)c4cccc5cccnc45)cc3)CC1(C)C2. The Labute approximate surface area is 188 Å². The van der Waals surface area contributed by atoms with Gasteiger partial charge in [-0.3, -0.25) is 14.5 Å². The molecular formula is C24H27N4O3S+. The summed E-state index contributed by atoms with van der Waals surface area (Å²) in [5.41, 5.74) is 1.57. The van der Waals surface area contributed by atoms with Crippen molar-refractivity contribution in [3.63, 3.8) is 0 Å². The summed E-state index contributed by atoms with van der Waals surface area (Å²) in [6.45, 7) is 9.24. The van der Waals surface area contributed by atoms with Crippen LogP contribution >= 0.6 is 0 Å². The van der Waals surface area contributed by atoms with Gasteiger partial charge in [0.2, 0.25) is 0 Å². The largest absolute Gasteiger partial charge is 0.326 e. The number of pyridine rings is 1. The monoisotopic (exact) mass is 451 g/mol. The van der Waals surface area contributed by atoms with Crippen LogP contribution in [-0.4, -0.2) is 67.0 Å². The number of benzene rings is 2. The van der Waals surface area contributed by atoms with E-state index < -0.39 is 10.0 Å². The molecule has 3 heterocycles. The van der Waals surface area contributed by atoms with E-state index >= 15 is 0 Å². The number of quaternary nitrogens is 1. The fourth-order valence-corrected chi connectivity index (χ4v) is 6.40. The Morgan fingerprint density at radius 1 is 1.16 bits per heavy atom. The molecule has 1 N–H and O–H groups in total. The third kappa shape index (κ3) is 3.34. The van der Waals surface area contributed by atoms with Crippen LogP contribution in [0.2, 0.25) is 0 Å². The number of amides is 1. The van der Waals surface area contributed by atoms with Crippen molar-refractivity contribution >= 4 is 32.5 Å². The maximum atomic E-state index is 13.0. The minimum absolute atomic E-state index is 0.000288. The van der Waals surface area contributed by atoms with Gasteiger partial charge in [0, 0.05) is 22.8 Å². The Morgan fingerprint density at radius 2 is 1.91 bits per heavy atom.